The molecule has 4 aromatic rings. The van der Waals surface area contributed by atoms with Crippen LogP contribution in [0.4, 0.5) is 23.1 Å². The number of imidazole rings is 1. The summed E-state index contributed by atoms with van der Waals surface area (Å²) < 4.78 is 5.51. The predicted octanol–water partition coefficient (Wildman–Crippen LogP) is 3.45. The van der Waals surface area contributed by atoms with Gasteiger partial charge >= 0.3 is 0 Å². The van der Waals surface area contributed by atoms with Gasteiger partial charge in [-0.15, -0.1) is 0 Å². The number of pyridine rings is 1. The average Bonchev–Trinajstić information content (AvgIpc) is 3.25. The summed E-state index contributed by atoms with van der Waals surface area (Å²) in [5.41, 5.74) is 4.54. The average molecular weight is 416 g/mol. The Morgan fingerprint density at radius 1 is 1.06 bits per heavy atom. The zero-order valence-corrected chi connectivity index (χ0v) is 17.1. The third-order valence-electron chi connectivity index (χ3n) is 6.06. The monoisotopic (exact) mass is 416 g/mol. The molecule has 9 nitrogen and oxygen atoms in total. The minimum atomic E-state index is 0.470. The van der Waals surface area contributed by atoms with Gasteiger partial charge in [-0.05, 0) is 43.5 Å². The minimum Gasteiger partial charge on any atom is -0.378 e. The number of aromatic amines is 1. The summed E-state index contributed by atoms with van der Waals surface area (Å²) in [5, 5.41) is 8.00. The third kappa shape index (κ3) is 3.50. The lowest BCUT2D eigenvalue weighted by molar-refractivity contribution is 0.123. The van der Waals surface area contributed by atoms with Crippen molar-refractivity contribution in [2.45, 2.75) is 25.3 Å². The lowest BCUT2D eigenvalue weighted by Gasteiger charge is -2.29. The molecule has 0 atom stereocenters. The molecule has 0 amide bonds. The highest BCUT2D eigenvalue weighted by molar-refractivity contribution is 5.94. The Hall–Kier alpha value is -3.46. The largest absolute Gasteiger partial charge is 0.378 e. The number of ether oxygens (including phenoxy) is 1. The van der Waals surface area contributed by atoms with Gasteiger partial charge in [0, 0.05) is 42.1 Å². The molecule has 4 heterocycles. The van der Waals surface area contributed by atoms with Crippen LogP contribution in [0.15, 0.2) is 36.8 Å². The van der Waals surface area contributed by atoms with E-state index in [4.69, 9.17) is 9.72 Å². The van der Waals surface area contributed by atoms with Gasteiger partial charge in [0.2, 0.25) is 5.95 Å². The molecule has 1 aromatic carbocycles. The fourth-order valence-electron chi connectivity index (χ4n) is 4.16. The van der Waals surface area contributed by atoms with E-state index in [0.29, 0.717) is 17.6 Å². The van der Waals surface area contributed by atoms with Gasteiger partial charge in [0.1, 0.15) is 5.52 Å². The molecule has 3 N–H and O–H groups in total. The third-order valence-corrected chi connectivity index (χ3v) is 6.06. The van der Waals surface area contributed by atoms with Crippen molar-refractivity contribution in [3.8, 4) is 0 Å². The lowest BCUT2D eigenvalue weighted by Crippen LogP contribution is -2.36. The minimum absolute atomic E-state index is 0.470. The van der Waals surface area contributed by atoms with Gasteiger partial charge in [0.05, 0.1) is 25.1 Å². The molecule has 0 bridgehead atoms. The van der Waals surface area contributed by atoms with E-state index in [0.717, 1.165) is 54.2 Å². The fourth-order valence-corrected chi connectivity index (χ4v) is 4.16. The van der Waals surface area contributed by atoms with Crippen LogP contribution in [0.5, 0.6) is 0 Å². The van der Waals surface area contributed by atoms with Crippen LogP contribution in [0.3, 0.4) is 0 Å². The van der Waals surface area contributed by atoms with Crippen LogP contribution in [-0.2, 0) is 4.74 Å². The van der Waals surface area contributed by atoms with Crippen LogP contribution in [0.1, 0.15) is 19.3 Å². The van der Waals surface area contributed by atoms with Crippen molar-refractivity contribution in [3.63, 3.8) is 0 Å². The maximum Gasteiger partial charge on any atom is 0.231 e. The van der Waals surface area contributed by atoms with Gasteiger partial charge in [-0.1, -0.05) is 0 Å². The highest BCUT2D eigenvalue weighted by Gasteiger charge is 2.20. The Kier molecular flexibility index (Phi) is 4.53. The molecule has 2 aliphatic rings. The van der Waals surface area contributed by atoms with Crippen molar-refractivity contribution in [2.75, 3.05) is 41.8 Å². The molecular weight excluding hydrogens is 392 g/mol. The summed E-state index contributed by atoms with van der Waals surface area (Å²) in [6, 6.07) is 8.70. The van der Waals surface area contributed by atoms with E-state index < -0.39 is 0 Å². The first-order chi connectivity index (χ1) is 15.3. The maximum atomic E-state index is 5.51. The zero-order valence-electron chi connectivity index (χ0n) is 17.1. The molecule has 1 saturated carbocycles. The standard InChI is InChI=1S/C22H24N8O/c1-2-14(3-1)26-21-19-20(25-13-24-19)28-22(29-21)27-15-4-5-17-16(12-15)18(6-7-23-17)30-8-10-31-11-9-30/h4-7,12-14H,1-3,8-11H2,(H3,24,25,26,27,28,29). The van der Waals surface area contributed by atoms with Crippen molar-refractivity contribution >= 4 is 45.2 Å². The number of nitrogens with zero attached hydrogens (tertiary/aromatic N) is 5. The van der Waals surface area contributed by atoms with Crippen LogP contribution < -0.4 is 15.5 Å². The second kappa shape index (κ2) is 7.66. The predicted molar refractivity (Wildman–Crippen MR) is 121 cm³/mol. The maximum absolute atomic E-state index is 5.51. The second-order valence-corrected chi connectivity index (χ2v) is 8.06. The molecule has 1 aliphatic carbocycles. The first kappa shape index (κ1) is 18.3. The lowest BCUT2D eigenvalue weighted by atomic mass is 9.93. The van der Waals surface area contributed by atoms with E-state index >= 15 is 0 Å². The van der Waals surface area contributed by atoms with Crippen molar-refractivity contribution in [1.82, 2.24) is 24.9 Å². The van der Waals surface area contributed by atoms with E-state index in [-0.39, 0.29) is 0 Å². The first-order valence-electron chi connectivity index (χ1n) is 10.8. The summed E-state index contributed by atoms with van der Waals surface area (Å²) in [6.45, 7) is 3.25. The zero-order chi connectivity index (χ0) is 20.6. The van der Waals surface area contributed by atoms with Crippen LogP contribution in [0.2, 0.25) is 0 Å². The number of hydrogen-bond donors (Lipinski definition) is 3. The molecule has 6 rings (SSSR count). The quantitative estimate of drug-likeness (QED) is 0.455. The highest BCUT2D eigenvalue weighted by atomic mass is 16.5. The molecule has 0 unspecified atom stereocenters. The number of benzene rings is 1. The Morgan fingerprint density at radius 3 is 2.81 bits per heavy atom. The molecule has 2 fully saturated rings. The normalized spacial score (nSPS) is 17.1. The number of rotatable bonds is 5. The summed E-state index contributed by atoms with van der Waals surface area (Å²) in [6.07, 6.45) is 7.13. The molecule has 0 radical (unpaired) electrons. The van der Waals surface area contributed by atoms with E-state index in [1.165, 1.54) is 24.9 Å². The van der Waals surface area contributed by atoms with Crippen LogP contribution in [0.25, 0.3) is 22.1 Å². The van der Waals surface area contributed by atoms with Crippen molar-refractivity contribution in [2.24, 2.45) is 0 Å². The van der Waals surface area contributed by atoms with E-state index in [1.54, 1.807) is 6.33 Å². The van der Waals surface area contributed by atoms with Crippen molar-refractivity contribution in [3.05, 3.63) is 36.8 Å². The van der Waals surface area contributed by atoms with Gasteiger partial charge in [-0.2, -0.15) is 9.97 Å². The SMILES string of the molecule is c1cc(N2CCOCC2)c2cc(Nc3nc(NC4CCC4)c4[nH]cnc4n3)ccc2n1. The molecular formula is C22H24N8O. The number of fused-ring (bicyclic) bond motifs is 2. The fraction of sp³-hybridized carbons (Fsp3) is 0.364. The molecule has 9 heteroatoms. The molecule has 3 aromatic heterocycles. The van der Waals surface area contributed by atoms with Gasteiger partial charge in [0.15, 0.2) is 11.5 Å². The summed E-state index contributed by atoms with van der Waals surface area (Å²) >= 11 is 0. The molecule has 31 heavy (non-hydrogen) atoms. The molecule has 1 saturated heterocycles. The number of H-pyrrole nitrogens is 1. The van der Waals surface area contributed by atoms with Gasteiger partial charge < -0.3 is 25.3 Å². The van der Waals surface area contributed by atoms with Crippen LogP contribution >= 0.6 is 0 Å². The Balaban J connectivity index is 1.34. The van der Waals surface area contributed by atoms with E-state index in [9.17, 15) is 0 Å². The number of aromatic nitrogens is 5. The summed E-state index contributed by atoms with van der Waals surface area (Å²) in [7, 11) is 0. The molecule has 1 aliphatic heterocycles. The Morgan fingerprint density at radius 2 is 1.97 bits per heavy atom. The molecule has 158 valence electrons. The summed E-state index contributed by atoms with van der Waals surface area (Å²) in [4.78, 5) is 23.7. The van der Waals surface area contributed by atoms with Crippen LogP contribution in [-0.4, -0.2) is 57.3 Å². The second-order valence-electron chi connectivity index (χ2n) is 8.06. The topological polar surface area (TPSA) is 104 Å². The Bertz CT molecular complexity index is 1230. The van der Waals surface area contributed by atoms with Crippen LogP contribution in [0, 0.1) is 0 Å². The number of hydrogen-bond acceptors (Lipinski definition) is 8. The summed E-state index contributed by atoms with van der Waals surface area (Å²) in [5.74, 6) is 1.32. The van der Waals surface area contributed by atoms with E-state index in [2.05, 4.69) is 47.6 Å². The first-order valence-corrected chi connectivity index (χ1v) is 10.8. The Labute approximate surface area is 179 Å². The number of anilines is 4. The van der Waals surface area contributed by atoms with Gasteiger partial charge in [0.25, 0.3) is 0 Å². The van der Waals surface area contributed by atoms with Crippen molar-refractivity contribution < 1.29 is 4.74 Å². The number of nitrogens with one attached hydrogen (secondary N) is 3. The number of morpholine rings is 1. The highest BCUT2D eigenvalue weighted by Crippen LogP contribution is 2.30. The van der Waals surface area contributed by atoms with Gasteiger partial charge in [-0.3, -0.25) is 4.98 Å². The molecule has 0 spiro atoms. The smallest absolute Gasteiger partial charge is 0.231 e. The van der Waals surface area contributed by atoms with Gasteiger partial charge in [-0.25, -0.2) is 4.98 Å². The van der Waals surface area contributed by atoms with Crippen molar-refractivity contribution in [1.29, 1.82) is 0 Å². The van der Waals surface area contributed by atoms with E-state index in [1.807, 2.05) is 18.3 Å².